The Hall–Kier alpha value is -2.67. The number of imidazole rings is 1. The second kappa shape index (κ2) is 6.92. The molecule has 7 heteroatoms. The van der Waals surface area contributed by atoms with Crippen molar-refractivity contribution in [3.05, 3.63) is 53.9 Å². The molecule has 1 aliphatic heterocycles. The lowest BCUT2D eigenvalue weighted by molar-refractivity contribution is -0.128. The van der Waals surface area contributed by atoms with Crippen LogP contribution in [-0.2, 0) is 11.3 Å². The topological polar surface area (TPSA) is 67.5 Å². The molecule has 1 saturated heterocycles. The third kappa shape index (κ3) is 2.88. The van der Waals surface area contributed by atoms with Gasteiger partial charge in [-0.1, -0.05) is 24.3 Å². The number of thioether (sulfide) groups is 1. The Morgan fingerprint density at radius 3 is 2.81 bits per heavy atom. The summed E-state index contributed by atoms with van der Waals surface area (Å²) in [5.74, 6) is 2.62. The molecule has 0 bridgehead atoms. The quantitative estimate of drug-likeness (QED) is 0.747. The Kier molecular flexibility index (Phi) is 4.46. The molecule has 1 fully saturated rings. The van der Waals surface area contributed by atoms with E-state index >= 15 is 0 Å². The number of rotatable bonds is 5. The Morgan fingerprint density at radius 2 is 2.04 bits per heavy atom. The number of hydrogen-bond acceptors (Lipinski definition) is 5. The summed E-state index contributed by atoms with van der Waals surface area (Å²) in [6.45, 7) is 0.422. The fourth-order valence-electron chi connectivity index (χ4n) is 3.23. The van der Waals surface area contributed by atoms with Gasteiger partial charge in [-0.3, -0.25) is 4.79 Å². The molecule has 1 atom stereocenters. The van der Waals surface area contributed by atoms with Crippen molar-refractivity contribution in [2.75, 3.05) is 20.0 Å². The molecular formula is C19H19N3O3S. The zero-order chi connectivity index (χ0) is 18.1. The maximum atomic E-state index is 12.5. The lowest BCUT2D eigenvalue weighted by atomic mass is 10.1. The zero-order valence-corrected chi connectivity index (χ0v) is 15.4. The van der Waals surface area contributed by atoms with Crippen LogP contribution in [0.1, 0.15) is 16.8 Å². The fourth-order valence-corrected chi connectivity index (χ4v) is 4.43. The number of amides is 1. The smallest absolute Gasteiger partial charge is 0.234 e. The van der Waals surface area contributed by atoms with E-state index in [0.717, 1.165) is 22.4 Å². The lowest BCUT2D eigenvalue weighted by Crippen LogP contribution is -2.28. The number of nitrogens with zero attached hydrogens (tertiary/aromatic N) is 2. The number of nitrogens with one attached hydrogen (secondary N) is 1. The first-order chi connectivity index (χ1) is 12.7. The molecular weight excluding hydrogens is 350 g/mol. The van der Waals surface area contributed by atoms with Crippen LogP contribution in [0.3, 0.4) is 0 Å². The third-order valence-corrected chi connectivity index (χ3v) is 5.66. The highest BCUT2D eigenvalue weighted by Gasteiger charge is 2.35. The number of carbonyl (C=O) groups excluding carboxylic acids is 1. The minimum Gasteiger partial charge on any atom is -0.493 e. The molecule has 0 spiro atoms. The molecule has 4 rings (SSSR count). The summed E-state index contributed by atoms with van der Waals surface area (Å²) >= 11 is 1.59. The second-order valence-electron chi connectivity index (χ2n) is 5.97. The number of ether oxygens (including phenoxy) is 2. The van der Waals surface area contributed by atoms with Crippen LogP contribution in [0.2, 0.25) is 0 Å². The lowest BCUT2D eigenvalue weighted by Gasteiger charge is -2.25. The molecule has 0 aliphatic carbocycles. The van der Waals surface area contributed by atoms with E-state index in [-0.39, 0.29) is 11.3 Å². The van der Waals surface area contributed by atoms with Crippen molar-refractivity contribution >= 4 is 28.7 Å². The number of methoxy groups -OCH3 is 2. The van der Waals surface area contributed by atoms with Crippen molar-refractivity contribution < 1.29 is 14.3 Å². The van der Waals surface area contributed by atoms with Crippen LogP contribution in [0, 0.1) is 0 Å². The Balaban J connectivity index is 1.67. The third-order valence-electron chi connectivity index (χ3n) is 4.43. The molecule has 134 valence electrons. The van der Waals surface area contributed by atoms with Crippen molar-refractivity contribution in [1.82, 2.24) is 14.9 Å². The fraction of sp³-hybridized carbons (Fsp3) is 0.263. The van der Waals surface area contributed by atoms with E-state index in [2.05, 4.69) is 9.97 Å². The molecule has 3 aromatic rings. The van der Waals surface area contributed by atoms with E-state index in [1.165, 1.54) is 0 Å². The highest BCUT2D eigenvalue weighted by atomic mass is 32.2. The first-order valence-electron chi connectivity index (χ1n) is 8.27. The molecule has 0 radical (unpaired) electrons. The van der Waals surface area contributed by atoms with Crippen molar-refractivity contribution in [2.45, 2.75) is 11.9 Å². The van der Waals surface area contributed by atoms with Crippen LogP contribution in [-0.4, -0.2) is 40.7 Å². The Labute approximate surface area is 155 Å². The first-order valence-corrected chi connectivity index (χ1v) is 9.31. The van der Waals surface area contributed by atoms with E-state index < -0.39 is 0 Å². The number of benzene rings is 2. The highest BCUT2D eigenvalue weighted by Crippen LogP contribution is 2.45. The van der Waals surface area contributed by atoms with Gasteiger partial charge in [-0.2, -0.15) is 0 Å². The molecule has 2 aromatic carbocycles. The predicted molar refractivity (Wildman–Crippen MR) is 101 cm³/mol. The van der Waals surface area contributed by atoms with Crippen molar-refractivity contribution in [3.63, 3.8) is 0 Å². The SMILES string of the molecule is COc1cccc(C2SCC(=O)N2Cc2nc3ccccc3[nH]2)c1OC. The highest BCUT2D eigenvalue weighted by molar-refractivity contribution is 8.00. The van der Waals surface area contributed by atoms with E-state index in [0.29, 0.717) is 23.8 Å². The average Bonchev–Trinajstić information content (AvgIpc) is 3.24. The molecule has 1 unspecified atom stereocenters. The minimum absolute atomic E-state index is 0.0883. The number of aromatic nitrogens is 2. The summed E-state index contributed by atoms with van der Waals surface area (Å²) in [5.41, 5.74) is 2.80. The van der Waals surface area contributed by atoms with Crippen LogP contribution >= 0.6 is 11.8 Å². The number of H-pyrrole nitrogens is 1. The molecule has 1 aliphatic rings. The molecule has 2 heterocycles. The number of para-hydroxylation sites is 3. The monoisotopic (exact) mass is 369 g/mol. The Bertz CT molecular complexity index is 923. The molecule has 26 heavy (non-hydrogen) atoms. The van der Waals surface area contributed by atoms with Crippen LogP contribution in [0.25, 0.3) is 11.0 Å². The number of aromatic amines is 1. The summed E-state index contributed by atoms with van der Waals surface area (Å²) in [6.07, 6.45) is 0. The maximum Gasteiger partial charge on any atom is 0.234 e. The average molecular weight is 369 g/mol. The molecule has 1 amide bonds. The van der Waals surface area contributed by atoms with Crippen LogP contribution in [0.4, 0.5) is 0 Å². The van der Waals surface area contributed by atoms with Gasteiger partial charge in [0.15, 0.2) is 11.5 Å². The summed E-state index contributed by atoms with van der Waals surface area (Å²) in [6, 6.07) is 13.6. The van der Waals surface area contributed by atoms with Crippen LogP contribution < -0.4 is 9.47 Å². The van der Waals surface area contributed by atoms with Gasteiger partial charge in [-0.15, -0.1) is 11.8 Å². The van der Waals surface area contributed by atoms with Gasteiger partial charge in [0.05, 0.1) is 37.6 Å². The van der Waals surface area contributed by atoms with Gasteiger partial charge in [0.1, 0.15) is 11.2 Å². The van der Waals surface area contributed by atoms with Gasteiger partial charge in [0.25, 0.3) is 0 Å². The summed E-state index contributed by atoms with van der Waals surface area (Å²) in [4.78, 5) is 22.3. The molecule has 6 nitrogen and oxygen atoms in total. The number of hydrogen-bond donors (Lipinski definition) is 1. The zero-order valence-electron chi connectivity index (χ0n) is 14.6. The molecule has 0 saturated carbocycles. The van der Waals surface area contributed by atoms with Crippen LogP contribution in [0.5, 0.6) is 11.5 Å². The standard InChI is InChI=1S/C19H19N3O3S/c1-24-15-9-5-6-12(18(15)25-2)19-22(17(23)11-26-19)10-16-20-13-7-3-4-8-14(13)21-16/h3-9,19H,10-11H2,1-2H3,(H,20,21). The van der Waals surface area contributed by atoms with Gasteiger partial charge >= 0.3 is 0 Å². The Morgan fingerprint density at radius 1 is 1.19 bits per heavy atom. The van der Waals surface area contributed by atoms with E-state index in [1.54, 1.807) is 26.0 Å². The van der Waals surface area contributed by atoms with Crippen molar-refractivity contribution in [2.24, 2.45) is 0 Å². The minimum atomic E-state index is -0.138. The molecule has 1 N–H and O–H groups in total. The second-order valence-corrected chi connectivity index (χ2v) is 7.04. The van der Waals surface area contributed by atoms with E-state index in [4.69, 9.17) is 9.47 Å². The summed E-state index contributed by atoms with van der Waals surface area (Å²) in [7, 11) is 3.23. The normalized spacial score (nSPS) is 17.1. The molecule has 1 aromatic heterocycles. The summed E-state index contributed by atoms with van der Waals surface area (Å²) < 4.78 is 11.0. The largest absolute Gasteiger partial charge is 0.493 e. The van der Waals surface area contributed by atoms with E-state index in [9.17, 15) is 4.79 Å². The van der Waals surface area contributed by atoms with Gasteiger partial charge < -0.3 is 19.4 Å². The predicted octanol–water partition coefficient (Wildman–Crippen LogP) is 3.35. The van der Waals surface area contributed by atoms with Gasteiger partial charge in [-0.25, -0.2) is 4.98 Å². The van der Waals surface area contributed by atoms with Crippen LogP contribution in [0.15, 0.2) is 42.5 Å². The van der Waals surface area contributed by atoms with E-state index in [1.807, 2.05) is 47.4 Å². The van der Waals surface area contributed by atoms with Crippen molar-refractivity contribution in [3.8, 4) is 11.5 Å². The van der Waals surface area contributed by atoms with Crippen molar-refractivity contribution in [1.29, 1.82) is 0 Å². The van der Waals surface area contributed by atoms with Gasteiger partial charge in [0, 0.05) is 5.56 Å². The van der Waals surface area contributed by atoms with Gasteiger partial charge in [0.2, 0.25) is 5.91 Å². The van der Waals surface area contributed by atoms with Gasteiger partial charge in [-0.05, 0) is 18.2 Å². The maximum absolute atomic E-state index is 12.5. The summed E-state index contributed by atoms with van der Waals surface area (Å²) in [5, 5.41) is -0.138. The number of fused-ring (bicyclic) bond motifs is 1. The first kappa shape index (κ1) is 16.8. The number of carbonyl (C=O) groups is 1.